The Bertz CT molecular complexity index is 276. The molecule has 1 N–H and O–H groups in total. The minimum atomic E-state index is 0.0561. The minimum Gasteiger partial charge on any atom is -0.466 e. The molecular formula is C9H11IO3. The summed E-state index contributed by atoms with van der Waals surface area (Å²) in [4.78, 5) is 0. The summed E-state index contributed by atoms with van der Waals surface area (Å²) in [6.45, 7) is 0.301. The molecule has 0 saturated carbocycles. The lowest BCUT2D eigenvalue weighted by Gasteiger charge is -2.07. The third-order valence-electron chi connectivity index (χ3n) is 1.51. The van der Waals surface area contributed by atoms with Crippen molar-refractivity contribution in [1.29, 1.82) is 0 Å². The van der Waals surface area contributed by atoms with Crippen LogP contribution in [0.2, 0.25) is 0 Å². The fraction of sp³-hybridized carbons (Fsp3) is 0.333. The average Bonchev–Trinajstić information content (AvgIpc) is 2.16. The van der Waals surface area contributed by atoms with Crippen LogP contribution in [0.1, 0.15) is 5.56 Å². The minimum absolute atomic E-state index is 0.0561. The Labute approximate surface area is 90.8 Å². The van der Waals surface area contributed by atoms with Gasteiger partial charge in [0.25, 0.3) is 0 Å². The maximum atomic E-state index is 8.86. The zero-order valence-corrected chi connectivity index (χ0v) is 9.45. The molecule has 0 aliphatic heterocycles. The number of hydrogen-bond acceptors (Lipinski definition) is 3. The summed E-state index contributed by atoms with van der Waals surface area (Å²) >= 11 is 2.16. The molecule has 0 amide bonds. The van der Waals surface area contributed by atoms with Gasteiger partial charge < -0.3 is 14.6 Å². The van der Waals surface area contributed by atoms with Crippen LogP contribution < -0.4 is 4.74 Å². The van der Waals surface area contributed by atoms with Gasteiger partial charge in [-0.15, -0.1) is 0 Å². The van der Waals surface area contributed by atoms with E-state index in [9.17, 15) is 0 Å². The van der Waals surface area contributed by atoms with Crippen molar-refractivity contribution in [3.8, 4) is 5.75 Å². The normalized spacial score (nSPS) is 10.1. The molecule has 72 valence electrons. The van der Waals surface area contributed by atoms with Crippen LogP contribution in [-0.2, 0) is 11.3 Å². The van der Waals surface area contributed by atoms with E-state index in [1.165, 1.54) is 0 Å². The molecule has 0 aliphatic rings. The van der Waals surface area contributed by atoms with Crippen molar-refractivity contribution in [3.05, 3.63) is 27.3 Å². The van der Waals surface area contributed by atoms with Gasteiger partial charge in [0, 0.05) is 7.11 Å². The quantitative estimate of drug-likeness (QED) is 0.679. The molecule has 1 aromatic rings. The molecule has 1 rings (SSSR count). The highest BCUT2D eigenvalue weighted by molar-refractivity contribution is 14.1. The smallest absolute Gasteiger partial charge is 0.188 e. The van der Waals surface area contributed by atoms with Gasteiger partial charge in [0.1, 0.15) is 5.75 Å². The van der Waals surface area contributed by atoms with Crippen molar-refractivity contribution < 1.29 is 14.6 Å². The van der Waals surface area contributed by atoms with Crippen molar-refractivity contribution in [2.24, 2.45) is 0 Å². The van der Waals surface area contributed by atoms with Crippen molar-refractivity contribution in [1.82, 2.24) is 0 Å². The maximum absolute atomic E-state index is 8.86. The van der Waals surface area contributed by atoms with Gasteiger partial charge in [0.05, 0.1) is 10.2 Å². The molecule has 3 nitrogen and oxygen atoms in total. The molecule has 0 bridgehead atoms. The first kappa shape index (κ1) is 10.7. The lowest BCUT2D eigenvalue weighted by atomic mass is 10.2. The van der Waals surface area contributed by atoms with E-state index in [0.717, 1.165) is 14.9 Å². The Kier molecular flexibility index (Phi) is 4.47. The summed E-state index contributed by atoms with van der Waals surface area (Å²) in [6, 6.07) is 5.53. The Morgan fingerprint density at radius 3 is 2.77 bits per heavy atom. The first-order chi connectivity index (χ1) is 6.27. The van der Waals surface area contributed by atoms with Gasteiger partial charge in [-0.3, -0.25) is 0 Å². The predicted octanol–water partition coefficient (Wildman–Crippen LogP) is 1.77. The molecular weight excluding hydrogens is 283 g/mol. The third-order valence-corrected chi connectivity index (χ3v) is 2.35. The Morgan fingerprint density at radius 1 is 1.46 bits per heavy atom. The molecule has 0 aromatic heterocycles. The summed E-state index contributed by atoms with van der Waals surface area (Å²) in [5.74, 6) is 0.777. The monoisotopic (exact) mass is 294 g/mol. The van der Waals surface area contributed by atoms with Crippen LogP contribution in [-0.4, -0.2) is 19.0 Å². The lowest BCUT2D eigenvalue weighted by molar-refractivity contribution is 0.0505. The predicted molar refractivity (Wildman–Crippen MR) is 57.6 cm³/mol. The van der Waals surface area contributed by atoms with Crippen LogP contribution in [0.15, 0.2) is 18.2 Å². The molecule has 0 heterocycles. The van der Waals surface area contributed by atoms with Gasteiger partial charge in [0.2, 0.25) is 0 Å². The van der Waals surface area contributed by atoms with Crippen LogP contribution in [0.4, 0.5) is 0 Å². The molecule has 0 saturated heterocycles. The topological polar surface area (TPSA) is 38.7 Å². The van der Waals surface area contributed by atoms with Crippen LogP contribution in [0, 0.1) is 3.57 Å². The van der Waals surface area contributed by atoms with E-state index in [2.05, 4.69) is 22.6 Å². The Balaban J connectivity index is 2.73. The molecule has 0 atom stereocenters. The van der Waals surface area contributed by atoms with E-state index in [0.29, 0.717) is 0 Å². The van der Waals surface area contributed by atoms with Gasteiger partial charge >= 0.3 is 0 Å². The second kappa shape index (κ2) is 5.41. The summed E-state index contributed by atoms with van der Waals surface area (Å²) in [5, 5.41) is 8.86. The third kappa shape index (κ3) is 3.13. The molecule has 0 unspecified atom stereocenters. The summed E-state index contributed by atoms with van der Waals surface area (Å²) in [5.41, 5.74) is 0.883. The summed E-state index contributed by atoms with van der Waals surface area (Å²) < 4.78 is 11.0. The number of aliphatic hydroxyl groups excluding tert-OH is 1. The van der Waals surface area contributed by atoms with Crippen molar-refractivity contribution >= 4 is 22.6 Å². The first-order valence-electron chi connectivity index (χ1n) is 3.79. The van der Waals surface area contributed by atoms with E-state index in [1.54, 1.807) is 7.11 Å². The largest absolute Gasteiger partial charge is 0.466 e. The Hall–Kier alpha value is -0.330. The van der Waals surface area contributed by atoms with Crippen LogP contribution in [0.25, 0.3) is 0 Å². The Morgan fingerprint density at radius 2 is 2.23 bits per heavy atom. The highest BCUT2D eigenvalue weighted by atomic mass is 127. The van der Waals surface area contributed by atoms with Gasteiger partial charge in [-0.1, -0.05) is 6.07 Å². The zero-order chi connectivity index (χ0) is 9.68. The van der Waals surface area contributed by atoms with Gasteiger partial charge in [0.15, 0.2) is 6.79 Å². The van der Waals surface area contributed by atoms with E-state index < -0.39 is 0 Å². The number of hydrogen-bond donors (Lipinski definition) is 1. The SMILES string of the molecule is COCOc1ccc(CO)cc1I. The first-order valence-corrected chi connectivity index (χ1v) is 4.87. The molecule has 1 aromatic carbocycles. The molecule has 0 aliphatic carbocycles. The van der Waals surface area contributed by atoms with Gasteiger partial charge in [-0.05, 0) is 40.3 Å². The van der Waals surface area contributed by atoms with Crippen molar-refractivity contribution in [2.75, 3.05) is 13.9 Å². The number of methoxy groups -OCH3 is 1. The van der Waals surface area contributed by atoms with E-state index in [4.69, 9.17) is 14.6 Å². The lowest BCUT2D eigenvalue weighted by Crippen LogP contribution is -2.00. The summed E-state index contributed by atoms with van der Waals surface area (Å²) in [6.07, 6.45) is 0. The molecule has 0 radical (unpaired) electrons. The van der Waals surface area contributed by atoms with E-state index in [1.807, 2.05) is 18.2 Å². The molecule has 13 heavy (non-hydrogen) atoms. The number of ether oxygens (including phenoxy) is 2. The number of aliphatic hydroxyl groups is 1. The standard InChI is InChI=1S/C9H11IO3/c1-12-6-13-9-3-2-7(5-11)4-8(9)10/h2-4,11H,5-6H2,1H3. The molecule has 4 heteroatoms. The van der Waals surface area contributed by atoms with Crippen LogP contribution >= 0.6 is 22.6 Å². The molecule has 0 spiro atoms. The highest BCUT2D eigenvalue weighted by Gasteiger charge is 2.01. The molecule has 0 fully saturated rings. The number of rotatable bonds is 4. The van der Waals surface area contributed by atoms with E-state index in [-0.39, 0.29) is 13.4 Å². The average molecular weight is 294 g/mol. The van der Waals surface area contributed by atoms with Crippen LogP contribution in [0.5, 0.6) is 5.75 Å². The second-order valence-corrected chi connectivity index (χ2v) is 3.64. The van der Waals surface area contributed by atoms with E-state index >= 15 is 0 Å². The zero-order valence-electron chi connectivity index (χ0n) is 7.29. The number of halogens is 1. The van der Waals surface area contributed by atoms with Crippen molar-refractivity contribution in [2.45, 2.75) is 6.61 Å². The maximum Gasteiger partial charge on any atom is 0.188 e. The van der Waals surface area contributed by atoms with Crippen molar-refractivity contribution in [3.63, 3.8) is 0 Å². The second-order valence-electron chi connectivity index (χ2n) is 2.47. The number of benzene rings is 1. The fourth-order valence-electron chi connectivity index (χ4n) is 0.882. The van der Waals surface area contributed by atoms with Gasteiger partial charge in [-0.2, -0.15) is 0 Å². The van der Waals surface area contributed by atoms with Crippen LogP contribution in [0.3, 0.4) is 0 Å². The fourth-order valence-corrected chi connectivity index (χ4v) is 1.62. The highest BCUT2D eigenvalue weighted by Crippen LogP contribution is 2.21. The summed E-state index contributed by atoms with van der Waals surface area (Å²) in [7, 11) is 1.58. The van der Waals surface area contributed by atoms with Gasteiger partial charge in [-0.25, -0.2) is 0 Å².